The lowest BCUT2D eigenvalue weighted by molar-refractivity contribution is 0.191. The van der Waals surface area contributed by atoms with E-state index >= 15 is 0 Å². The van der Waals surface area contributed by atoms with E-state index in [1.807, 2.05) is 18.6 Å². The van der Waals surface area contributed by atoms with E-state index in [4.69, 9.17) is 9.97 Å². The Morgan fingerprint density at radius 3 is 2.61 bits per heavy atom. The van der Waals surface area contributed by atoms with Gasteiger partial charge in [0.15, 0.2) is 0 Å². The Labute approximate surface area is 183 Å². The van der Waals surface area contributed by atoms with Crippen LogP contribution in [0.1, 0.15) is 50.2 Å². The fourth-order valence-electron chi connectivity index (χ4n) is 4.69. The van der Waals surface area contributed by atoms with Gasteiger partial charge in [0.25, 0.3) is 0 Å². The van der Waals surface area contributed by atoms with Crippen molar-refractivity contribution < 1.29 is 0 Å². The van der Waals surface area contributed by atoms with E-state index < -0.39 is 0 Å². The van der Waals surface area contributed by atoms with Gasteiger partial charge in [-0.25, -0.2) is 15.0 Å². The zero-order valence-electron chi connectivity index (χ0n) is 18.1. The van der Waals surface area contributed by atoms with E-state index in [1.165, 1.54) is 24.1 Å². The Bertz CT molecular complexity index is 1150. The molecule has 1 saturated heterocycles. The van der Waals surface area contributed by atoms with Crippen molar-refractivity contribution in [2.45, 2.75) is 45.2 Å². The largest absolute Gasteiger partial charge is 0.324 e. The van der Waals surface area contributed by atoms with Crippen LogP contribution in [0.15, 0.2) is 61.3 Å². The molecule has 3 aromatic heterocycles. The van der Waals surface area contributed by atoms with E-state index in [0.29, 0.717) is 12.0 Å². The van der Waals surface area contributed by atoms with Crippen LogP contribution in [0, 0.1) is 0 Å². The standard InChI is InChI=1S/C25H28N6/c1-18(2)31-24-8-4-3-7-23(24)29-25(31)16-30-11-5-6-20(15-30)22-10-9-19(14-28-22)21-12-26-17-27-13-21/h3-4,7-10,12-14,17-18,20H,5-6,11,15-16H2,1-2H3/t20-/m1/s1. The molecule has 0 bridgehead atoms. The average Bonchev–Trinajstić information content (AvgIpc) is 3.18. The molecule has 1 aromatic carbocycles. The number of fused-ring (bicyclic) bond motifs is 1. The van der Waals surface area contributed by atoms with Gasteiger partial charge in [0.2, 0.25) is 0 Å². The fraction of sp³-hybridized carbons (Fsp3) is 0.360. The third-order valence-corrected chi connectivity index (χ3v) is 6.15. The highest BCUT2D eigenvalue weighted by Crippen LogP contribution is 2.29. The van der Waals surface area contributed by atoms with E-state index in [0.717, 1.165) is 42.1 Å². The molecule has 0 aliphatic carbocycles. The summed E-state index contributed by atoms with van der Waals surface area (Å²) in [5.41, 5.74) is 5.54. The molecule has 1 aliphatic rings. The topological polar surface area (TPSA) is 59.7 Å². The Morgan fingerprint density at radius 1 is 1.00 bits per heavy atom. The minimum absolute atomic E-state index is 0.388. The maximum Gasteiger partial charge on any atom is 0.124 e. The van der Waals surface area contributed by atoms with Gasteiger partial charge in [0.05, 0.1) is 17.6 Å². The summed E-state index contributed by atoms with van der Waals surface area (Å²) >= 11 is 0. The summed E-state index contributed by atoms with van der Waals surface area (Å²) in [6.45, 7) is 7.47. The van der Waals surface area contributed by atoms with Gasteiger partial charge in [-0.3, -0.25) is 9.88 Å². The molecule has 0 amide bonds. The first-order valence-electron chi connectivity index (χ1n) is 11.1. The maximum absolute atomic E-state index is 4.96. The van der Waals surface area contributed by atoms with Crippen molar-refractivity contribution in [3.8, 4) is 11.1 Å². The summed E-state index contributed by atoms with van der Waals surface area (Å²) in [6, 6.07) is 13.1. The third kappa shape index (κ3) is 4.08. The molecule has 0 spiro atoms. The highest BCUT2D eigenvalue weighted by Gasteiger charge is 2.24. The van der Waals surface area contributed by atoms with Gasteiger partial charge in [0, 0.05) is 53.9 Å². The molecular weight excluding hydrogens is 384 g/mol. The molecule has 5 rings (SSSR count). The van der Waals surface area contributed by atoms with E-state index in [2.05, 4.69) is 69.7 Å². The van der Waals surface area contributed by atoms with Gasteiger partial charge < -0.3 is 4.57 Å². The SMILES string of the molecule is CC(C)n1c(CN2CCC[C@@H](c3ccc(-c4cncnc4)cn3)C2)nc2ccccc21. The smallest absolute Gasteiger partial charge is 0.124 e. The minimum Gasteiger partial charge on any atom is -0.324 e. The Hall–Kier alpha value is -3.12. The van der Waals surface area contributed by atoms with Gasteiger partial charge in [-0.15, -0.1) is 0 Å². The van der Waals surface area contributed by atoms with Crippen molar-refractivity contribution in [3.63, 3.8) is 0 Å². The molecular formula is C25H28N6. The van der Waals surface area contributed by atoms with Crippen LogP contribution in [-0.4, -0.2) is 42.5 Å². The molecule has 1 aliphatic heterocycles. The Balaban J connectivity index is 1.33. The fourth-order valence-corrected chi connectivity index (χ4v) is 4.69. The molecule has 31 heavy (non-hydrogen) atoms. The van der Waals surface area contributed by atoms with Crippen LogP contribution in [0.4, 0.5) is 0 Å². The van der Waals surface area contributed by atoms with Crippen molar-refractivity contribution in [3.05, 3.63) is 72.8 Å². The van der Waals surface area contributed by atoms with Crippen LogP contribution in [-0.2, 0) is 6.54 Å². The molecule has 4 aromatic rings. The molecule has 1 fully saturated rings. The third-order valence-electron chi connectivity index (χ3n) is 6.15. The van der Waals surface area contributed by atoms with Crippen LogP contribution in [0.5, 0.6) is 0 Å². The molecule has 0 unspecified atom stereocenters. The second-order valence-electron chi connectivity index (χ2n) is 8.65. The molecule has 0 N–H and O–H groups in total. The summed E-state index contributed by atoms with van der Waals surface area (Å²) in [6.07, 6.45) is 9.51. The number of piperidine rings is 1. The molecule has 6 nitrogen and oxygen atoms in total. The van der Waals surface area contributed by atoms with E-state index in [1.54, 1.807) is 6.33 Å². The maximum atomic E-state index is 4.96. The van der Waals surface area contributed by atoms with E-state index in [-0.39, 0.29) is 0 Å². The van der Waals surface area contributed by atoms with Crippen molar-refractivity contribution in [2.75, 3.05) is 13.1 Å². The van der Waals surface area contributed by atoms with Crippen LogP contribution in [0.2, 0.25) is 0 Å². The lowest BCUT2D eigenvalue weighted by Gasteiger charge is -2.32. The normalized spacial score (nSPS) is 17.5. The van der Waals surface area contributed by atoms with E-state index in [9.17, 15) is 0 Å². The number of hydrogen-bond donors (Lipinski definition) is 0. The number of aromatic nitrogens is 5. The van der Waals surface area contributed by atoms with Gasteiger partial charge in [0.1, 0.15) is 12.2 Å². The summed E-state index contributed by atoms with van der Waals surface area (Å²) in [5, 5.41) is 0. The summed E-state index contributed by atoms with van der Waals surface area (Å²) in [7, 11) is 0. The van der Waals surface area contributed by atoms with Crippen LogP contribution in [0.3, 0.4) is 0 Å². The predicted octanol–water partition coefficient (Wildman–Crippen LogP) is 4.85. The van der Waals surface area contributed by atoms with Gasteiger partial charge in [-0.05, 0) is 51.4 Å². The second kappa shape index (κ2) is 8.55. The zero-order valence-corrected chi connectivity index (χ0v) is 18.1. The highest BCUT2D eigenvalue weighted by atomic mass is 15.2. The number of pyridine rings is 1. The van der Waals surface area contributed by atoms with Crippen LogP contribution in [0.25, 0.3) is 22.2 Å². The molecule has 158 valence electrons. The van der Waals surface area contributed by atoms with Crippen molar-refractivity contribution in [1.82, 2.24) is 29.4 Å². The molecule has 4 heterocycles. The van der Waals surface area contributed by atoms with Crippen LogP contribution >= 0.6 is 0 Å². The van der Waals surface area contributed by atoms with Gasteiger partial charge >= 0.3 is 0 Å². The summed E-state index contributed by atoms with van der Waals surface area (Å²) in [5.74, 6) is 1.61. The molecule has 0 saturated carbocycles. The number of likely N-dealkylation sites (tertiary alicyclic amines) is 1. The first kappa shape index (κ1) is 19.8. The first-order valence-corrected chi connectivity index (χ1v) is 11.1. The second-order valence-corrected chi connectivity index (χ2v) is 8.65. The molecule has 1 atom stereocenters. The lowest BCUT2D eigenvalue weighted by atomic mass is 9.93. The van der Waals surface area contributed by atoms with Gasteiger partial charge in [-0.1, -0.05) is 18.2 Å². The van der Waals surface area contributed by atoms with Crippen molar-refractivity contribution >= 4 is 11.0 Å². The Kier molecular flexibility index (Phi) is 5.47. The number of benzene rings is 1. The first-order chi connectivity index (χ1) is 15.2. The number of para-hydroxylation sites is 2. The average molecular weight is 413 g/mol. The monoisotopic (exact) mass is 412 g/mol. The number of hydrogen-bond acceptors (Lipinski definition) is 5. The Morgan fingerprint density at radius 2 is 1.84 bits per heavy atom. The van der Waals surface area contributed by atoms with Crippen molar-refractivity contribution in [1.29, 1.82) is 0 Å². The lowest BCUT2D eigenvalue weighted by Crippen LogP contribution is -2.35. The summed E-state index contributed by atoms with van der Waals surface area (Å²) in [4.78, 5) is 20.5. The quantitative estimate of drug-likeness (QED) is 0.469. The predicted molar refractivity (Wildman–Crippen MR) is 123 cm³/mol. The van der Waals surface area contributed by atoms with Gasteiger partial charge in [-0.2, -0.15) is 0 Å². The molecule has 6 heteroatoms. The number of imidazole rings is 1. The highest BCUT2D eigenvalue weighted by molar-refractivity contribution is 5.76. The number of nitrogens with zero attached hydrogens (tertiary/aromatic N) is 6. The zero-order chi connectivity index (χ0) is 21.2. The van der Waals surface area contributed by atoms with Crippen LogP contribution < -0.4 is 0 Å². The summed E-state index contributed by atoms with van der Waals surface area (Å²) < 4.78 is 2.38. The number of rotatable bonds is 5. The van der Waals surface area contributed by atoms with Crippen molar-refractivity contribution in [2.24, 2.45) is 0 Å². The minimum atomic E-state index is 0.388. The molecule has 0 radical (unpaired) electrons.